The summed E-state index contributed by atoms with van der Waals surface area (Å²) in [6, 6.07) is 3.83. The van der Waals surface area contributed by atoms with Gasteiger partial charge in [-0.05, 0) is 37.8 Å². The van der Waals surface area contributed by atoms with E-state index in [1.807, 2.05) is 51.7 Å². The van der Waals surface area contributed by atoms with Crippen LogP contribution in [0.2, 0.25) is 0 Å². The smallest absolute Gasteiger partial charge is 0.246 e. The van der Waals surface area contributed by atoms with Gasteiger partial charge in [-0.3, -0.25) is 4.79 Å². The lowest BCUT2D eigenvalue weighted by Gasteiger charge is -2.43. The molecule has 0 N–H and O–H groups in total. The monoisotopic (exact) mass is 408 g/mol. The number of nitrogens with zero attached hydrogens (tertiary/aromatic N) is 2. The van der Waals surface area contributed by atoms with Gasteiger partial charge >= 0.3 is 0 Å². The van der Waals surface area contributed by atoms with Gasteiger partial charge in [-0.25, -0.2) is 8.42 Å². The van der Waals surface area contributed by atoms with E-state index in [9.17, 15) is 13.2 Å². The maximum atomic E-state index is 13.6. The molecule has 2 saturated heterocycles. The molecule has 0 aromatic heterocycles. The quantitative estimate of drug-likeness (QED) is 0.768. The number of aryl methyl sites for hydroxylation is 3. The van der Waals surface area contributed by atoms with Crippen LogP contribution in [0.5, 0.6) is 0 Å². The predicted molar refractivity (Wildman–Crippen MR) is 108 cm³/mol. The van der Waals surface area contributed by atoms with E-state index in [0.29, 0.717) is 56.3 Å². The fourth-order valence-corrected chi connectivity index (χ4v) is 6.74. The van der Waals surface area contributed by atoms with Gasteiger partial charge in [-0.15, -0.1) is 0 Å². The first-order chi connectivity index (χ1) is 13.1. The number of sulfonamides is 1. The van der Waals surface area contributed by atoms with Gasteiger partial charge in [0.1, 0.15) is 5.72 Å². The van der Waals surface area contributed by atoms with Gasteiger partial charge in [0.05, 0.1) is 11.5 Å². The van der Waals surface area contributed by atoms with Crippen LogP contribution in [-0.2, 0) is 19.6 Å². The number of carbonyl (C=O) groups is 1. The third kappa shape index (κ3) is 3.84. The SMILES string of the molecule is Cc1cc(C)c(S(=O)(=O)N2CCOC23CCN(C(=O)CC(C)C)CC3)c(C)c1. The lowest BCUT2D eigenvalue weighted by Crippen LogP contribution is -2.55. The Kier molecular flexibility index (Phi) is 5.90. The number of hydrogen-bond acceptors (Lipinski definition) is 4. The molecule has 0 bridgehead atoms. The molecule has 7 heteroatoms. The number of carbonyl (C=O) groups excluding carboxylic acids is 1. The summed E-state index contributed by atoms with van der Waals surface area (Å²) < 4.78 is 34.7. The topological polar surface area (TPSA) is 66.9 Å². The van der Waals surface area contributed by atoms with Crippen LogP contribution in [0.15, 0.2) is 17.0 Å². The van der Waals surface area contributed by atoms with E-state index >= 15 is 0 Å². The molecule has 0 unspecified atom stereocenters. The van der Waals surface area contributed by atoms with Crippen molar-refractivity contribution >= 4 is 15.9 Å². The minimum atomic E-state index is -3.68. The Balaban J connectivity index is 1.85. The Morgan fingerprint density at radius 2 is 1.68 bits per heavy atom. The summed E-state index contributed by atoms with van der Waals surface area (Å²) in [7, 11) is -3.68. The van der Waals surface area contributed by atoms with Crippen molar-refractivity contribution in [3.05, 3.63) is 28.8 Å². The van der Waals surface area contributed by atoms with E-state index in [1.165, 1.54) is 0 Å². The minimum Gasteiger partial charge on any atom is -0.358 e. The van der Waals surface area contributed by atoms with Crippen LogP contribution in [0.1, 0.15) is 49.8 Å². The minimum absolute atomic E-state index is 0.141. The molecular formula is C21H32N2O4S. The van der Waals surface area contributed by atoms with Gasteiger partial charge < -0.3 is 9.64 Å². The molecule has 2 fully saturated rings. The summed E-state index contributed by atoms with van der Waals surface area (Å²) in [6.45, 7) is 11.5. The highest BCUT2D eigenvalue weighted by molar-refractivity contribution is 7.89. The van der Waals surface area contributed by atoms with E-state index in [4.69, 9.17) is 4.74 Å². The van der Waals surface area contributed by atoms with E-state index in [0.717, 1.165) is 16.7 Å². The Morgan fingerprint density at radius 1 is 1.11 bits per heavy atom. The maximum absolute atomic E-state index is 13.6. The normalized spacial score (nSPS) is 20.3. The van der Waals surface area contributed by atoms with Crippen molar-refractivity contribution in [2.75, 3.05) is 26.2 Å². The number of amides is 1. The fourth-order valence-electron chi connectivity index (χ4n) is 4.59. The van der Waals surface area contributed by atoms with Crippen LogP contribution in [0.4, 0.5) is 0 Å². The number of hydrogen-bond donors (Lipinski definition) is 0. The number of piperidine rings is 1. The number of benzene rings is 1. The number of likely N-dealkylation sites (tertiary alicyclic amines) is 1. The van der Waals surface area contributed by atoms with Crippen molar-refractivity contribution in [1.82, 2.24) is 9.21 Å². The molecule has 3 rings (SSSR count). The average Bonchev–Trinajstić information content (AvgIpc) is 2.97. The first-order valence-corrected chi connectivity index (χ1v) is 11.5. The second-order valence-corrected chi connectivity index (χ2v) is 10.4. The highest BCUT2D eigenvalue weighted by atomic mass is 32.2. The molecule has 0 radical (unpaired) electrons. The molecule has 156 valence electrons. The molecule has 1 spiro atoms. The summed E-state index contributed by atoms with van der Waals surface area (Å²) in [5.41, 5.74) is 1.75. The Hall–Kier alpha value is -1.44. The second-order valence-electron chi connectivity index (χ2n) is 8.58. The van der Waals surface area contributed by atoms with Crippen molar-refractivity contribution < 1.29 is 17.9 Å². The third-order valence-corrected chi connectivity index (χ3v) is 8.01. The van der Waals surface area contributed by atoms with Crippen molar-refractivity contribution in [2.24, 2.45) is 5.92 Å². The zero-order chi connectivity index (χ0) is 20.7. The molecule has 0 saturated carbocycles. The van der Waals surface area contributed by atoms with E-state index < -0.39 is 15.7 Å². The summed E-state index contributed by atoms with van der Waals surface area (Å²) in [5, 5.41) is 0. The molecule has 6 nitrogen and oxygen atoms in total. The molecule has 0 atom stereocenters. The Morgan fingerprint density at radius 3 is 2.21 bits per heavy atom. The van der Waals surface area contributed by atoms with Gasteiger partial charge in [0, 0.05) is 38.9 Å². The van der Waals surface area contributed by atoms with Crippen molar-refractivity contribution in [3.63, 3.8) is 0 Å². The van der Waals surface area contributed by atoms with E-state index in [1.54, 1.807) is 4.31 Å². The molecule has 28 heavy (non-hydrogen) atoms. The van der Waals surface area contributed by atoms with E-state index in [-0.39, 0.29) is 5.91 Å². The Labute approximate surface area is 168 Å². The molecular weight excluding hydrogens is 376 g/mol. The van der Waals surface area contributed by atoms with Crippen LogP contribution in [0.25, 0.3) is 0 Å². The lowest BCUT2D eigenvalue weighted by atomic mass is 9.99. The van der Waals surface area contributed by atoms with Crippen LogP contribution >= 0.6 is 0 Å². The van der Waals surface area contributed by atoms with Crippen molar-refractivity contribution in [1.29, 1.82) is 0 Å². The van der Waals surface area contributed by atoms with Crippen molar-refractivity contribution in [3.8, 4) is 0 Å². The second kappa shape index (κ2) is 7.76. The van der Waals surface area contributed by atoms with Gasteiger partial charge in [0.15, 0.2) is 0 Å². The number of rotatable bonds is 4. The highest BCUT2D eigenvalue weighted by Gasteiger charge is 2.51. The predicted octanol–water partition coefficient (Wildman–Crippen LogP) is 3.00. The average molecular weight is 409 g/mol. The van der Waals surface area contributed by atoms with E-state index in [2.05, 4.69) is 0 Å². The first kappa shape index (κ1) is 21.3. The van der Waals surface area contributed by atoms with Crippen LogP contribution in [0.3, 0.4) is 0 Å². The third-order valence-electron chi connectivity index (χ3n) is 5.75. The standard InChI is InChI=1S/C21H32N2O4S/c1-15(2)12-19(24)22-8-6-21(7-9-22)23(10-11-27-21)28(25,26)20-17(4)13-16(3)14-18(20)5/h13-15H,6-12H2,1-5H3. The van der Waals surface area contributed by atoms with Crippen LogP contribution in [-0.4, -0.2) is 55.5 Å². The Bertz CT molecular complexity index is 832. The van der Waals surface area contributed by atoms with Gasteiger partial charge in [0.2, 0.25) is 15.9 Å². The molecule has 2 aliphatic rings. The molecule has 0 aliphatic carbocycles. The summed E-state index contributed by atoms with van der Waals surface area (Å²) in [6.07, 6.45) is 1.55. The first-order valence-electron chi connectivity index (χ1n) is 10.1. The molecule has 1 aromatic rings. The van der Waals surface area contributed by atoms with Crippen molar-refractivity contribution in [2.45, 2.75) is 64.5 Å². The molecule has 2 heterocycles. The van der Waals surface area contributed by atoms with Crippen LogP contribution in [0, 0.1) is 26.7 Å². The number of ether oxygens (including phenoxy) is 1. The summed E-state index contributed by atoms with van der Waals surface area (Å²) >= 11 is 0. The zero-order valence-corrected chi connectivity index (χ0v) is 18.4. The molecule has 2 aliphatic heterocycles. The zero-order valence-electron chi connectivity index (χ0n) is 17.6. The lowest BCUT2D eigenvalue weighted by molar-refractivity contribution is -0.140. The van der Waals surface area contributed by atoms with Gasteiger partial charge in [0.25, 0.3) is 0 Å². The molecule has 1 amide bonds. The summed E-state index contributed by atoms with van der Waals surface area (Å²) in [4.78, 5) is 14.6. The van der Waals surface area contributed by atoms with Crippen LogP contribution < -0.4 is 0 Å². The fraction of sp³-hybridized carbons (Fsp3) is 0.667. The largest absolute Gasteiger partial charge is 0.358 e. The maximum Gasteiger partial charge on any atom is 0.246 e. The highest BCUT2D eigenvalue weighted by Crippen LogP contribution is 2.39. The van der Waals surface area contributed by atoms with Gasteiger partial charge in [-0.2, -0.15) is 4.31 Å². The summed E-state index contributed by atoms with van der Waals surface area (Å²) in [5.74, 6) is 0.456. The van der Waals surface area contributed by atoms with Gasteiger partial charge in [-0.1, -0.05) is 31.5 Å². The molecule has 1 aromatic carbocycles.